The second kappa shape index (κ2) is 6.50. The molecular weight excluding hydrogens is 330 g/mol. The molecule has 1 saturated carbocycles. The SMILES string of the molecule is CC(C)(C)c1nnc2ccc(N3CCN(CC(=O)NC4CC4)CC3)nn12. The van der Waals surface area contributed by atoms with Gasteiger partial charge in [-0.3, -0.25) is 9.69 Å². The van der Waals surface area contributed by atoms with E-state index in [1.165, 1.54) is 0 Å². The third-order valence-electron chi connectivity index (χ3n) is 4.93. The summed E-state index contributed by atoms with van der Waals surface area (Å²) in [6.07, 6.45) is 2.26. The highest BCUT2D eigenvalue weighted by atomic mass is 16.2. The standard InChI is InChI=1S/C18H27N7O/c1-18(2,3)17-21-20-14-6-7-15(22-25(14)17)24-10-8-23(9-11-24)12-16(26)19-13-4-5-13/h6-7,13H,4-5,8-12H2,1-3H3,(H,19,26). The number of fused-ring (bicyclic) bond motifs is 1. The van der Waals surface area contributed by atoms with Gasteiger partial charge in [-0.05, 0) is 25.0 Å². The van der Waals surface area contributed by atoms with Crippen molar-refractivity contribution in [2.24, 2.45) is 0 Å². The van der Waals surface area contributed by atoms with Gasteiger partial charge in [0.05, 0.1) is 6.54 Å². The van der Waals surface area contributed by atoms with Gasteiger partial charge >= 0.3 is 0 Å². The second-order valence-electron chi connectivity index (χ2n) is 8.34. The number of hydrogen-bond acceptors (Lipinski definition) is 6. The smallest absolute Gasteiger partial charge is 0.234 e. The number of carbonyl (C=O) groups excluding carboxylic acids is 1. The van der Waals surface area contributed by atoms with Gasteiger partial charge in [0.1, 0.15) is 5.82 Å². The third kappa shape index (κ3) is 3.65. The minimum atomic E-state index is -0.112. The van der Waals surface area contributed by atoms with E-state index in [-0.39, 0.29) is 11.3 Å². The van der Waals surface area contributed by atoms with Gasteiger partial charge in [0.15, 0.2) is 11.5 Å². The monoisotopic (exact) mass is 357 g/mol. The fourth-order valence-electron chi connectivity index (χ4n) is 3.25. The van der Waals surface area contributed by atoms with Crippen molar-refractivity contribution in [3.05, 3.63) is 18.0 Å². The molecule has 1 amide bonds. The van der Waals surface area contributed by atoms with Crippen LogP contribution in [0.4, 0.5) is 5.82 Å². The first-order chi connectivity index (χ1) is 12.4. The van der Waals surface area contributed by atoms with Gasteiger partial charge in [0.25, 0.3) is 0 Å². The molecule has 0 radical (unpaired) electrons. The van der Waals surface area contributed by atoms with Crippen molar-refractivity contribution >= 4 is 17.4 Å². The van der Waals surface area contributed by atoms with Gasteiger partial charge in [0, 0.05) is 37.6 Å². The number of nitrogens with one attached hydrogen (secondary N) is 1. The molecule has 0 atom stereocenters. The zero-order chi connectivity index (χ0) is 18.3. The Morgan fingerprint density at radius 1 is 1.15 bits per heavy atom. The van der Waals surface area contributed by atoms with Gasteiger partial charge in [-0.2, -0.15) is 4.52 Å². The minimum absolute atomic E-state index is 0.112. The lowest BCUT2D eigenvalue weighted by Crippen LogP contribution is -2.50. The van der Waals surface area contributed by atoms with Crippen molar-refractivity contribution in [1.82, 2.24) is 30.0 Å². The first-order valence-electron chi connectivity index (χ1n) is 9.40. The average Bonchev–Trinajstić information content (AvgIpc) is 3.28. The Hall–Kier alpha value is -2.22. The topological polar surface area (TPSA) is 78.7 Å². The minimum Gasteiger partial charge on any atom is -0.353 e. The van der Waals surface area contributed by atoms with Crippen LogP contribution in [0.25, 0.3) is 5.65 Å². The lowest BCUT2D eigenvalue weighted by Gasteiger charge is -2.34. The highest BCUT2D eigenvalue weighted by molar-refractivity contribution is 5.78. The summed E-state index contributed by atoms with van der Waals surface area (Å²) < 4.78 is 1.85. The summed E-state index contributed by atoms with van der Waals surface area (Å²) in [5, 5.41) is 16.4. The lowest BCUT2D eigenvalue weighted by atomic mass is 9.96. The van der Waals surface area contributed by atoms with E-state index in [0.29, 0.717) is 12.6 Å². The summed E-state index contributed by atoms with van der Waals surface area (Å²) in [7, 11) is 0. The molecule has 1 aliphatic carbocycles. The van der Waals surface area contributed by atoms with Crippen LogP contribution >= 0.6 is 0 Å². The van der Waals surface area contributed by atoms with Gasteiger partial charge in [0.2, 0.25) is 5.91 Å². The number of hydrogen-bond donors (Lipinski definition) is 1. The van der Waals surface area contributed by atoms with Crippen LogP contribution in [0, 0.1) is 0 Å². The number of piperazine rings is 1. The Labute approximate surface area is 153 Å². The van der Waals surface area contributed by atoms with Gasteiger partial charge in [-0.15, -0.1) is 15.3 Å². The first kappa shape index (κ1) is 17.2. The van der Waals surface area contributed by atoms with Crippen molar-refractivity contribution in [3.8, 4) is 0 Å². The van der Waals surface area contributed by atoms with Crippen LogP contribution in [0.5, 0.6) is 0 Å². The van der Waals surface area contributed by atoms with Crippen molar-refractivity contribution in [2.45, 2.75) is 45.1 Å². The van der Waals surface area contributed by atoms with E-state index in [1.54, 1.807) is 0 Å². The largest absolute Gasteiger partial charge is 0.353 e. The predicted molar refractivity (Wildman–Crippen MR) is 99.3 cm³/mol. The Morgan fingerprint density at radius 2 is 1.88 bits per heavy atom. The molecule has 8 nitrogen and oxygen atoms in total. The molecule has 1 saturated heterocycles. The number of nitrogens with zero attached hydrogens (tertiary/aromatic N) is 6. The maximum Gasteiger partial charge on any atom is 0.234 e. The van der Waals surface area contributed by atoms with E-state index in [1.807, 2.05) is 16.6 Å². The molecule has 8 heteroatoms. The van der Waals surface area contributed by atoms with Gasteiger partial charge in [-0.1, -0.05) is 20.8 Å². The molecule has 1 N–H and O–H groups in total. The van der Waals surface area contributed by atoms with Crippen LogP contribution < -0.4 is 10.2 Å². The number of amides is 1. The molecule has 2 aromatic rings. The van der Waals surface area contributed by atoms with Crippen molar-refractivity contribution in [2.75, 3.05) is 37.6 Å². The molecule has 0 unspecified atom stereocenters. The molecule has 1 aliphatic heterocycles. The number of carbonyl (C=O) groups is 1. The zero-order valence-electron chi connectivity index (χ0n) is 15.8. The summed E-state index contributed by atoms with van der Waals surface area (Å²) in [6, 6.07) is 4.41. The molecule has 140 valence electrons. The quantitative estimate of drug-likeness (QED) is 0.873. The molecule has 0 spiro atoms. The van der Waals surface area contributed by atoms with Crippen LogP contribution in [0.1, 0.15) is 39.4 Å². The van der Waals surface area contributed by atoms with Crippen molar-refractivity contribution < 1.29 is 4.79 Å². The number of rotatable bonds is 4. The number of anilines is 1. The van der Waals surface area contributed by atoms with Crippen LogP contribution in [0.2, 0.25) is 0 Å². The van der Waals surface area contributed by atoms with Crippen LogP contribution in [0.15, 0.2) is 12.1 Å². The molecule has 2 aliphatic rings. The maximum absolute atomic E-state index is 12.0. The molecule has 4 rings (SSSR count). The van der Waals surface area contributed by atoms with E-state index in [2.05, 4.69) is 46.1 Å². The van der Waals surface area contributed by atoms with Crippen molar-refractivity contribution in [3.63, 3.8) is 0 Å². The summed E-state index contributed by atoms with van der Waals surface area (Å²) in [5.41, 5.74) is 0.660. The molecule has 0 aromatic carbocycles. The first-order valence-corrected chi connectivity index (χ1v) is 9.40. The van der Waals surface area contributed by atoms with Crippen molar-refractivity contribution in [1.29, 1.82) is 0 Å². The fraction of sp³-hybridized carbons (Fsp3) is 0.667. The molecule has 2 aromatic heterocycles. The Bertz CT molecular complexity index is 797. The molecule has 26 heavy (non-hydrogen) atoms. The normalized spacial score (nSPS) is 19.1. The van der Waals surface area contributed by atoms with E-state index < -0.39 is 0 Å². The summed E-state index contributed by atoms with van der Waals surface area (Å²) >= 11 is 0. The Morgan fingerprint density at radius 3 is 2.54 bits per heavy atom. The predicted octanol–water partition coefficient (Wildman–Crippen LogP) is 0.822. The highest BCUT2D eigenvalue weighted by Crippen LogP contribution is 2.22. The molecule has 0 bridgehead atoms. The van der Waals surface area contributed by atoms with Gasteiger partial charge < -0.3 is 10.2 Å². The zero-order valence-corrected chi connectivity index (χ0v) is 15.8. The number of aromatic nitrogens is 4. The summed E-state index contributed by atoms with van der Waals surface area (Å²) in [6.45, 7) is 10.3. The van der Waals surface area contributed by atoms with Crippen LogP contribution in [-0.4, -0.2) is 69.4 Å². The third-order valence-corrected chi connectivity index (χ3v) is 4.93. The highest BCUT2D eigenvalue weighted by Gasteiger charge is 2.26. The summed E-state index contributed by atoms with van der Waals surface area (Å²) in [4.78, 5) is 16.4. The summed E-state index contributed by atoms with van der Waals surface area (Å²) in [5.74, 6) is 1.95. The van der Waals surface area contributed by atoms with Crippen LogP contribution in [-0.2, 0) is 10.2 Å². The molecule has 2 fully saturated rings. The second-order valence-corrected chi connectivity index (χ2v) is 8.34. The molecular formula is C18H27N7O. The van der Waals surface area contributed by atoms with E-state index in [9.17, 15) is 4.79 Å². The van der Waals surface area contributed by atoms with E-state index >= 15 is 0 Å². The van der Waals surface area contributed by atoms with Gasteiger partial charge in [-0.25, -0.2) is 0 Å². The van der Waals surface area contributed by atoms with E-state index in [4.69, 9.17) is 5.10 Å². The lowest BCUT2D eigenvalue weighted by molar-refractivity contribution is -0.122. The Balaban J connectivity index is 1.41. The van der Waals surface area contributed by atoms with Crippen LogP contribution in [0.3, 0.4) is 0 Å². The average molecular weight is 357 g/mol. The molecule has 3 heterocycles. The maximum atomic E-state index is 12.0. The Kier molecular flexibility index (Phi) is 4.30. The fourth-order valence-corrected chi connectivity index (χ4v) is 3.25. The van der Waals surface area contributed by atoms with E-state index in [0.717, 1.165) is 56.3 Å².